The molecule has 0 amide bonds. The van der Waals surface area contributed by atoms with Crippen LogP contribution in [-0.4, -0.2) is 28.1 Å². The maximum atomic E-state index is 12.0. The van der Waals surface area contributed by atoms with E-state index in [-0.39, 0.29) is 24.0 Å². The van der Waals surface area contributed by atoms with Crippen LogP contribution in [-0.2, 0) is 9.59 Å². The number of carbonyl (C=O) groups excluding carboxylic acids is 1. The molecule has 134 valence electrons. The summed E-state index contributed by atoms with van der Waals surface area (Å²) < 4.78 is 0. The van der Waals surface area contributed by atoms with Crippen molar-refractivity contribution in [1.82, 2.24) is 0 Å². The van der Waals surface area contributed by atoms with E-state index in [4.69, 9.17) is 5.11 Å². The molecule has 1 fully saturated rings. The summed E-state index contributed by atoms with van der Waals surface area (Å²) in [5.74, 6) is 5.78. The smallest absolute Gasteiger partial charge is 0.303 e. The standard InChI is InChI=1S/C20H30O4/c1-2-3-9-17(21)14-12-16-13-15-19(22)18(16)10-7-5-4-6-8-11-20(23)24/h12,14,16-18,21H,2-4,6,8-11,13,15H2,1H3,(H,23,24)/b14-12+. The van der Waals surface area contributed by atoms with Crippen molar-refractivity contribution in [2.45, 2.75) is 77.2 Å². The minimum absolute atomic E-state index is 0.0499. The van der Waals surface area contributed by atoms with Gasteiger partial charge in [-0.15, -0.1) is 11.8 Å². The molecule has 0 radical (unpaired) electrons. The first kappa shape index (κ1) is 20.4. The summed E-state index contributed by atoms with van der Waals surface area (Å²) in [5.41, 5.74) is 0. The first-order chi connectivity index (χ1) is 11.5. The van der Waals surface area contributed by atoms with Crippen LogP contribution in [0.25, 0.3) is 0 Å². The quantitative estimate of drug-likeness (QED) is 0.363. The van der Waals surface area contributed by atoms with Gasteiger partial charge in [0.05, 0.1) is 6.10 Å². The van der Waals surface area contributed by atoms with Gasteiger partial charge in [0.1, 0.15) is 5.78 Å². The van der Waals surface area contributed by atoms with Crippen LogP contribution in [0.3, 0.4) is 0 Å². The summed E-state index contributed by atoms with van der Waals surface area (Å²) >= 11 is 0. The van der Waals surface area contributed by atoms with E-state index in [0.717, 1.165) is 32.1 Å². The summed E-state index contributed by atoms with van der Waals surface area (Å²) in [7, 11) is 0. The highest BCUT2D eigenvalue weighted by Gasteiger charge is 2.32. The normalized spacial score (nSPS) is 21.7. The van der Waals surface area contributed by atoms with Crippen molar-refractivity contribution in [3.63, 3.8) is 0 Å². The lowest BCUT2D eigenvalue weighted by molar-refractivity contribution is -0.137. The third kappa shape index (κ3) is 8.31. The first-order valence-corrected chi connectivity index (χ1v) is 9.11. The van der Waals surface area contributed by atoms with Crippen molar-refractivity contribution in [3.8, 4) is 11.8 Å². The lowest BCUT2D eigenvalue weighted by atomic mass is 9.91. The van der Waals surface area contributed by atoms with Crippen LogP contribution in [0.4, 0.5) is 0 Å². The highest BCUT2D eigenvalue weighted by Crippen LogP contribution is 2.32. The number of unbranched alkanes of at least 4 members (excludes halogenated alkanes) is 3. The van der Waals surface area contributed by atoms with E-state index in [2.05, 4.69) is 18.8 Å². The molecule has 3 atom stereocenters. The minimum atomic E-state index is -0.768. The fourth-order valence-electron chi connectivity index (χ4n) is 2.97. The highest BCUT2D eigenvalue weighted by atomic mass is 16.4. The van der Waals surface area contributed by atoms with E-state index in [1.54, 1.807) is 0 Å². The Balaban J connectivity index is 2.37. The Morgan fingerprint density at radius 1 is 1.33 bits per heavy atom. The summed E-state index contributed by atoms with van der Waals surface area (Å²) in [4.78, 5) is 22.4. The Labute approximate surface area is 145 Å². The predicted octanol–water partition coefficient (Wildman–Crippen LogP) is 3.73. The van der Waals surface area contributed by atoms with Crippen LogP contribution < -0.4 is 0 Å². The number of carboxylic acids is 1. The Morgan fingerprint density at radius 3 is 2.83 bits per heavy atom. The number of rotatable bonds is 10. The lowest BCUT2D eigenvalue weighted by Crippen LogP contribution is -2.13. The van der Waals surface area contributed by atoms with Gasteiger partial charge in [-0.3, -0.25) is 9.59 Å². The maximum absolute atomic E-state index is 12.0. The molecule has 2 N–H and O–H groups in total. The van der Waals surface area contributed by atoms with Gasteiger partial charge in [0.15, 0.2) is 0 Å². The van der Waals surface area contributed by atoms with Gasteiger partial charge < -0.3 is 10.2 Å². The molecule has 0 spiro atoms. The first-order valence-electron chi connectivity index (χ1n) is 9.11. The number of carboxylic acid groups (broad SMARTS) is 1. The van der Waals surface area contributed by atoms with Crippen LogP contribution in [0.1, 0.15) is 71.1 Å². The second kappa shape index (κ2) is 11.9. The molecule has 24 heavy (non-hydrogen) atoms. The van der Waals surface area contributed by atoms with Crippen molar-refractivity contribution in [2.24, 2.45) is 11.8 Å². The number of hydrogen-bond donors (Lipinski definition) is 2. The molecule has 0 aliphatic heterocycles. The fraction of sp³-hybridized carbons (Fsp3) is 0.700. The van der Waals surface area contributed by atoms with Crippen molar-refractivity contribution in [3.05, 3.63) is 12.2 Å². The highest BCUT2D eigenvalue weighted by molar-refractivity contribution is 5.84. The van der Waals surface area contributed by atoms with E-state index >= 15 is 0 Å². The van der Waals surface area contributed by atoms with Gasteiger partial charge in [-0.1, -0.05) is 31.9 Å². The number of aliphatic carboxylic acids is 1. The van der Waals surface area contributed by atoms with E-state index in [1.807, 2.05) is 12.2 Å². The van der Waals surface area contributed by atoms with Crippen LogP contribution in [0.5, 0.6) is 0 Å². The molecule has 1 rings (SSSR count). The monoisotopic (exact) mass is 334 g/mol. The van der Waals surface area contributed by atoms with Gasteiger partial charge in [-0.25, -0.2) is 0 Å². The Kier molecular flexibility index (Phi) is 10.1. The molecule has 0 aromatic rings. The second-order valence-electron chi connectivity index (χ2n) is 6.53. The number of aliphatic hydroxyl groups is 1. The van der Waals surface area contributed by atoms with E-state index in [0.29, 0.717) is 25.7 Å². The zero-order chi connectivity index (χ0) is 17.8. The van der Waals surface area contributed by atoms with Crippen molar-refractivity contribution < 1.29 is 19.8 Å². The molecule has 0 saturated heterocycles. The van der Waals surface area contributed by atoms with Crippen LogP contribution in [0, 0.1) is 23.7 Å². The van der Waals surface area contributed by atoms with Gasteiger partial charge in [0.2, 0.25) is 0 Å². The maximum Gasteiger partial charge on any atom is 0.303 e. The number of carbonyl (C=O) groups is 2. The molecule has 4 nitrogen and oxygen atoms in total. The van der Waals surface area contributed by atoms with Gasteiger partial charge in [-0.05, 0) is 31.6 Å². The fourth-order valence-corrected chi connectivity index (χ4v) is 2.97. The third-order valence-corrected chi connectivity index (χ3v) is 4.48. The SMILES string of the molecule is CCCCC(O)/C=C/C1CCC(=O)C1CC#CCCCCC(=O)O. The van der Waals surface area contributed by atoms with Gasteiger partial charge >= 0.3 is 5.97 Å². The molecule has 1 saturated carbocycles. The molecule has 4 heteroatoms. The second-order valence-corrected chi connectivity index (χ2v) is 6.53. The Hall–Kier alpha value is -1.60. The van der Waals surface area contributed by atoms with Gasteiger partial charge in [-0.2, -0.15) is 0 Å². The number of hydrogen-bond acceptors (Lipinski definition) is 3. The molecule has 1 aliphatic rings. The lowest BCUT2D eigenvalue weighted by Gasteiger charge is -2.12. The zero-order valence-corrected chi connectivity index (χ0v) is 14.7. The van der Waals surface area contributed by atoms with E-state index in [1.165, 1.54) is 0 Å². The Morgan fingerprint density at radius 2 is 2.12 bits per heavy atom. The molecule has 3 unspecified atom stereocenters. The summed E-state index contributed by atoms with van der Waals surface area (Å²) in [6.07, 6.45) is 10.6. The van der Waals surface area contributed by atoms with Crippen LogP contribution >= 0.6 is 0 Å². The molecule has 0 bridgehead atoms. The summed E-state index contributed by atoms with van der Waals surface area (Å²) in [6, 6.07) is 0. The number of ketones is 1. The van der Waals surface area contributed by atoms with Crippen molar-refractivity contribution in [1.29, 1.82) is 0 Å². The molecule has 1 aliphatic carbocycles. The molecular formula is C20H30O4. The van der Waals surface area contributed by atoms with E-state index < -0.39 is 12.1 Å². The van der Waals surface area contributed by atoms with Gasteiger partial charge in [0, 0.05) is 31.6 Å². The minimum Gasteiger partial charge on any atom is -0.481 e. The van der Waals surface area contributed by atoms with Crippen LogP contribution in [0.15, 0.2) is 12.2 Å². The predicted molar refractivity (Wildman–Crippen MR) is 94.4 cm³/mol. The molecular weight excluding hydrogens is 304 g/mol. The van der Waals surface area contributed by atoms with E-state index in [9.17, 15) is 14.7 Å². The average molecular weight is 334 g/mol. The molecule has 0 aromatic heterocycles. The largest absolute Gasteiger partial charge is 0.481 e. The molecule has 0 aromatic carbocycles. The summed E-state index contributed by atoms with van der Waals surface area (Å²) in [6.45, 7) is 2.10. The Bertz CT molecular complexity index is 484. The van der Waals surface area contributed by atoms with Crippen LogP contribution in [0.2, 0.25) is 0 Å². The molecule has 0 heterocycles. The number of allylic oxidation sites excluding steroid dienone is 1. The average Bonchev–Trinajstić information content (AvgIpc) is 2.90. The summed E-state index contributed by atoms with van der Waals surface area (Å²) in [5, 5.41) is 18.4. The van der Waals surface area contributed by atoms with Crippen molar-refractivity contribution in [2.75, 3.05) is 0 Å². The van der Waals surface area contributed by atoms with Crippen molar-refractivity contribution >= 4 is 11.8 Å². The third-order valence-electron chi connectivity index (χ3n) is 4.48. The number of aliphatic hydroxyl groups excluding tert-OH is 1. The topological polar surface area (TPSA) is 74.6 Å². The zero-order valence-electron chi connectivity index (χ0n) is 14.7. The number of Topliss-reactive ketones (excluding diaryl/α,β-unsaturated/α-hetero) is 1. The van der Waals surface area contributed by atoms with Gasteiger partial charge in [0.25, 0.3) is 0 Å².